The minimum absolute atomic E-state index is 0.0872. The third-order valence-electron chi connectivity index (χ3n) is 2.57. The second-order valence-electron chi connectivity index (χ2n) is 3.95. The molecule has 0 saturated heterocycles. The fraction of sp³-hybridized carbons (Fsp3) is 0.462. The summed E-state index contributed by atoms with van der Waals surface area (Å²) in [5.74, 6) is 1.00. The van der Waals surface area contributed by atoms with Crippen LogP contribution < -0.4 is 10.1 Å². The number of carbonyl (C=O) groups is 1. The second-order valence-corrected chi connectivity index (χ2v) is 5.19. The van der Waals surface area contributed by atoms with Gasteiger partial charge in [-0.3, -0.25) is 4.79 Å². The molecule has 0 heterocycles. The Kier molecular flexibility index (Phi) is 7.20. The molecule has 0 aliphatic heterocycles. The molecule has 1 aromatic carbocycles. The van der Waals surface area contributed by atoms with Crippen molar-refractivity contribution in [2.75, 3.05) is 26.7 Å². The van der Waals surface area contributed by atoms with E-state index in [0.29, 0.717) is 30.2 Å². The topological polar surface area (TPSA) is 47.6 Å². The van der Waals surface area contributed by atoms with Crippen LogP contribution in [0, 0.1) is 0 Å². The van der Waals surface area contributed by atoms with E-state index < -0.39 is 0 Å². The zero-order chi connectivity index (χ0) is 14.3. The quantitative estimate of drug-likeness (QED) is 0.769. The SMILES string of the molecule is COCC(CCCl)NC(=O)c1ccc(OC)c(Br)c1. The van der Waals surface area contributed by atoms with Crippen LogP contribution in [0.25, 0.3) is 0 Å². The predicted octanol–water partition coefficient (Wildman–Crippen LogP) is 2.83. The fourth-order valence-corrected chi connectivity index (χ4v) is 2.41. The summed E-state index contributed by atoms with van der Waals surface area (Å²) in [5.41, 5.74) is 0.559. The first-order valence-electron chi connectivity index (χ1n) is 5.81. The van der Waals surface area contributed by atoms with E-state index in [4.69, 9.17) is 21.1 Å². The van der Waals surface area contributed by atoms with Gasteiger partial charge in [-0.05, 0) is 40.5 Å². The van der Waals surface area contributed by atoms with E-state index in [9.17, 15) is 4.79 Å². The molecule has 1 rings (SSSR count). The van der Waals surface area contributed by atoms with Gasteiger partial charge < -0.3 is 14.8 Å². The van der Waals surface area contributed by atoms with Crippen LogP contribution in [-0.2, 0) is 4.74 Å². The van der Waals surface area contributed by atoms with E-state index in [0.717, 1.165) is 4.47 Å². The Bertz CT molecular complexity index is 422. The maximum Gasteiger partial charge on any atom is 0.251 e. The molecule has 1 N–H and O–H groups in total. The van der Waals surface area contributed by atoms with Crippen molar-refractivity contribution in [3.05, 3.63) is 28.2 Å². The van der Waals surface area contributed by atoms with Crippen molar-refractivity contribution in [3.63, 3.8) is 0 Å². The fourth-order valence-electron chi connectivity index (χ4n) is 1.61. The number of amides is 1. The number of halogens is 2. The lowest BCUT2D eigenvalue weighted by Crippen LogP contribution is -2.38. The second kappa shape index (κ2) is 8.40. The van der Waals surface area contributed by atoms with Crippen molar-refractivity contribution in [3.8, 4) is 5.75 Å². The molecule has 1 amide bonds. The lowest BCUT2D eigenvalue weighted by atomic mass is 10.1. The molecule has 106 valence electrons. The number of rotatable bonds is 7. The van der Waals surface area contributed by atoms with Crippen LogP contribution in [0.5, 0.6) is 5.75 Å². The molecule has 1 unspecified atom stereocenters. The van der Waals surface area contributed by atoms with Crippen LogP contribution in [0.3, 0.4) is 0 Å². The standard InChI is InChI=1S/C13H17BrClNO3/c1-18-8-10(5-6-15)16-13(17)9-3-4-12(19-2)11(14)7-9/h3-4,7,10H,5-6,8H2,1-2H3,(H,16,17). The Balaban J connectivity index is 2.73. The van der Waals surface area contributed by atoms with Crippen molar-refractivity contribution in [1.82, 2.24) is 5.32 Å². The van der Waals surface area contributed by atoms with Gasteiger partial charge in [0.2, 0.25) is 0 Å². The van der Waals surface area contributed by atoms with Crippen LogP contribution >= 0.6 is 27.5 Å². The summed E-state index contributed by atoms with van der Waals surface area (Å²) < 4.78 is 10.9. The first-order valence-corrected chi connectivity index (χ1v) is 7.14. The molecule has 0 aromatic heterocycles. The van der Waals surface area contributed by atoms with E-state index >= 15 is 0 Å². The molecule has 1 atom stereocenters. The smallest absolute Gasteiger partial charge is 0.251 e. The van der Waals surface area contributed by atoms with Crippen molar-refractivity contribution in [2.45, 2.75) is 12.5 Å². The van der Waals surface area contributed by atoms with Gasteiger partial charge in [-0.15, -0.1) is 11.6 Å². The van der Waals surface area contributed by atoms with E-state index in [1.807, 2.05) is 0 Å². The molecule has 6 heteroatoms. The minimum atomic E-state index is -0.157. The van der Waals surface area contributed by atoms with E-state index in [2.05, 4.69) is 21.2 Å². The number of hydrogen-bond donors (Lipinski definition) is 1. The Morgan fingerprint density at radius 3 is 2.74 bits per heavy atom. The minimum Gasteiger partial charge on any atom is -0.496 e. The zero-order valence-corrected chi connectivity index (χ0v) is 13.3. The van der Waals surface area contributed by atoms with Crippen LogP contribution in [0.15, 0.2) is 22.7 Å². The summed E-state index contributed by atoms with van der Waals surface area (Å²) in [5, 5.41) is 2.89. The highest BCUT2D eigenvalue weighted by molar-refractivity contribution is 9.10. The van der Waals surface area contributed by atoms with Crippen molar-refractivity contribution in [1.29, 1.82) is 0 Å². The molecule has 4 nitrogen and oxygen atoms in total. The average Bonchev–Trinajstić information content (AvgIpc) is 2.39. The molecule has 0 aliphatic rings. The monoisotopic (exact) mass is 349 g/mol. The molecule has 0 saturated carbocycles. The first kappa shape index (κ1) is 16.3. The lowest BCUT2D eigenvalue weighted by molar-refractivity contribution is 0.0895. The van der Waals surface area contributed by atoms with Crippen LogP contribution in [-0.4, -0.2) is 38.7 Å². The Morgan fingerprint density at radius 1 is 1.47 bits per heavy atom. The highest BCUT2D eigenvalue weighted by atomic mass is 79.9. The maximum atomic E-state index is 12.1. The van der Waals surface area contributed by atoms with E-state index in [1.165, 1.54) is 0 Å². The van der Waals surface area contributed by atoms with Gasteiger partial charge in [0.15, 0.2) is 0 Å². The molecular weight excluding hydrogens is 334 g/mol. The van der Waals surface area contributed by atoms with Crippen molar-refractivity contribution < 1.29 is 14.3 Å². The van der Waals surface area contributed by atoms with Crippen LogP contribution in [0.1, 0.15) is 16.8 Å². The van der Waals surface area contributed by atoms with Gasteiger partial charge in [-0.25, -0.2) is 0 Å². The number of ether oxygens (including phenoxy) is 2. The number of methoxy groups -OCH3 is 2. The summed E-state index contributed by atoms with van der Waals surface area (Å²) in [6, 6.07) is 5.09. The Labute approximate surface area is 126 Å². The third-order valence-corrected chi connectivity index (χ3v) is 3.41. The van der Waals surface area contributed by atoms with Crippen molar-refractivity contribution >= 4 is 33.4 Å². The van der Waals surface area contributed by atoms with E-state index in [1.54, 1.807) is 32.4 Å². The number of nitrogens with one attached hydrogen (secondary N) is 1. The van der Waals surface area contributed by atoms with Gasteiger partial charge in [0.05, 0.1) is 24.2 Å². The summed E-state index contributed by atoms with van der Waals surface area (Å²) in [6.45, 7) is 0.440. The van der Waals surface area contributed by atoms with Gasteiger partial charge in [-0.1, -0.05) is 0 Å². The van der Waals surface area contributed by atoms with Gasteiger partial charge in [0, 0.05) is 18.6 Å². The van der Waals surface area contributed by atoms with Crippen LogP contribution in [0.4, 0.5) is 0 Å². The number of carbonyl (C=O) groups excluding carboxylic acids is 1. The number of benzene rings is 1. The van der Waals surface area contributed by atoms with Crippen molar-refractivity contribution in [2.24, 2.45) is 0 Å². The largest absolute Gasteiger partial charge is 0.496 e. The molecular formula is C13H17BrClNO3. The molecule has 0 radical (unpaired) electrons. The molecule has 0 bridgehead atoms. The normalized spacial score (nSPS) is 12.0. The summed E-state index contributed by atoms with van der Waals surface area (Å²) in [7, 11) is 3.17. The average molecular weight is 351 g/mol. The highest BCUT2D eigenvalue weighted by Crippen LogP contribution is 2.25. The van der Waals surface area contributed by atoms with Crippen LogP contribution in [0.2, 0.25) is 0 Å². The molecule has 1 aromatic rings. The number of alkyl halides is 1. The summed E-state index contributed by atoms with van der Waals surface area (Å²) >= 11 is 9.05. The summed E-state index contributed by atoms with van der Waals surface area (Å²) in [4.78, 5) is 12.1. The lowest BCUT2D eigenvalue weighted by Gasteiger charge is -2.17. The zero-order valence-electron chi connectivity index (χ0n) is 10.9. The van der Waals surface area contributed by atoms with Gasteiger partial charge >= 0.3 is 0 Å². The third kappa shape index (κ3) is 5.01. The Hall–Kier alpha value is -0.780. The summed E-state index contributed by atoms with van der Waals surface area (Å²) in [6.07, 6.45) is 0.665. The molecule has 0 aliphatic carbocycles. The van der Waals surface area contributed by atoms with Gasteiger partial charge in [-0.2, -0.15) is 0 Å². The highest BCUT2D eigenvalue weighted by Gasteiger charge is 2.14. The Morgan fingerprint density at radius 2 is 2.21 bits per heavy atom. The van der Waals surface area contributed by atoms with Gasteiger partial charge in [0.1, 0.15) is 5.75 Å². The maximum absolute atomic E-state index is 12.1. The molecule has 19 heavy (non-hydrogen) atoms. The predicted molar refractivity (Wildman–Crippen MR) is 79.2 cm³/mol. The number of hydrogen-bond acceptors (Lipinski definition) is 3. The van der Waals surface area contributed by atoms with Gasteiger partial charge in [0.25, 0.3) is 5.91 Å². The van der Waals surface area contributed by atoms with E-state index in [-0.39, 0.29) is 11.9 Å². The molecule has 0 fully saturated rings. The molecule has 0 spiro atoms. The first-order chi connectivity index (χ1) is 9.12.